The fourth-order valence-corrected chi connectivity index (χ4v) is 5.71. The Kier molecular flexibility index (Phi) is 13.9. The molecule has 1 aliphatic heterocycles. The van der Waals surface area contributed by atoms with Crippen LogP contribution in [0.4, 0.5) is 10.1 Å². The van der Waals surface area contributed by atoms with E-state index < -0.39 is 6.17 Å². The third-order valence-electron chi connectivity index (χ3n) is 8.67. The molecule has 1 atom stereocenters. The van der Waals surface area contributed by atoms with Crippen molar-refractivity contribution in [1.29, 1.82) is 0 Å². The molecule has 1 saturated carbocycles. The maximum Gasteiger partial charge on any atom is 0.130 e. The van der Waals surface area contributed by atoms with Crippen molar-refractivity contribution in [3.63, 3.8) is 0 Å². The molecule has 2 aromatic rings. The van der Waals surface area contributed by atoms with Crippen LogP contribution in [-0.2, 0) is 4.74 Å². The Balaban J connectivity index is 0.00000169. The van der Waals surface area contributed by atoms with Gasteiger partial charge >= 0.3 is 0 Å². The maximum absolute atomic E-state index is 14.2. The van der Waals surface area contributed by atoms with E-state index in [0.717, 1.165) is 84.1 Å². The summed E-state index contributed by atoms with van der Waals surface area (Å²) in [5.41, 5.74) is 8.30. The van der Waals surface area contributed by atoms with Gasteiger partial charge in [0, 0.05) is 43.7 Å². The molecule has 242 valence electrons. The first-order valence-corrected chi connectivity index (χ1v) is 16.6. The van der Waals surface area contributed by atoms with Gasteiger partial charge in [0.05, 0.1) is 17.5 Å². The molecule has 0 radical (unpaired) electrons. The van der Waals surface area contributed by atoms with Crippen LogP contribution < -0.4 is 5.32 Å². The number of nitrogens with zero attached hydrogens (tertiary/aromatic N) is 4. The fraction of sp³-hybridized carbons (Fsp3) is 0.568. The quantitative estimate of drug-likeness (QED) is 0.217. The lowest BCUT2D eigenvalue weighted by molar-refractivity contribution is 0.0641. The number of alkyl halides is 1. The number of aryl methyl sites for hydroxylation is 2. The second kappa shape index (κ2) is 17.3. The van der Waals surface area contributed by atoms with Crippen LogP contribution in [-0.4, -0.2) is 58.9 Å². The SMILES string of the molecule is C/C=C(/C=C(/NC1CCC(OC)CC1)n1nc(C(=Nc2ccccc2C)/C(C)=C(\C)CC)cc1C)N1CCC(F)C1.CCC. The van der Waals surface area contributed by atoms with Gasteiger partial charge in [0.15, 0.2) is 0 Å². The Hall–Kier alpha value is -3.19. The predicted octanol–water partition coefficient (Wildman–Crippen LogP) is 9.08. The van der Waals surface area contributed by atoms with Crippen molar-refractivity contribution >= 4 is 17.2 Å². The maximum atomic E-state index is 14.2. The summed E-state index contributed by atoms with van der Waals surface area (Å²) in [4.78, 5) is 7.30. The van der Waals surface area contributed by atoms with E-state index in [4.69, 9.17) is 14.8 Å². The van der Waals surface area contributed by atoms with Crippen molar-refractivity contribution in [2.45, 2.75) is 119 Å². The Morgan fingerprint density at radius 2 is 1.77 bits per heavy atom. The summed E-state index contributed by atoms with van der Waals surface area (Å²) < 4.78 is 21.8. The van der Waals surface area contributed by atoms with Gasteiger partial charge in [-0.2, -0.15) is 5.10 Å². The highest BCUT2D eigenvalue weighted by Crippen LogP contribution is 2.27. The minimum atomic E-state index is -0.783. The number of para-hydroxylation sites is 1. The Morgan fingerprint density at radius 1 is 1.09 bits per heavy atom. The lowest BCUT2D eigenvalue weighted by atomic mass is 9.93. The molecular formula is C37H56FN5O. The molecule has 2 fully saturated rings. The Morgan fingerprint density at radius 3 is 2.34 bits per heavy atom. The van der Waals surface area contributed by atoms with E-state index >= 15 is 0 Å². The fourth-order valence-electron chi connectivity index (χ4n) is 5.71. The summed E-state index contributed by atoms with van der Waals surface area (Å²) in [6, 6.07) is 10.7. The van der Waals surface area contributed by atoms with Crippen LogP contribution in [0, 0.1) is 13.8 Å². The first-order chi connectivity index (χ1) is 21.1. The summed E-state index contributed by atoms with van der Waals surface area (Å²) >= 11 is 0. The van der Waals surface area contributed by atoms with E-state index in [9.17, 15) is 4.39 Å². The molecule has 6 nitrogen and oxygen atoms in total. The lowest BCUT2D eigenvalue weighted by Gasteiger charge is -2.30. The number of halogens is 1. The normalized spacial score (nSPS) is 22.0. The van der Waals surface area contributed by atoms with Crippen LogP contribution in [0.5, 0.6) is 0 Å². The zero-order valence-electron chi connectivity index (χ0n) is 28.7. The Bertz CT molecular complexity index is 1330. The van der Waals surface area contributed by atoms with Crippen LogP contribution in [0.25, 0.3) is 5.82 Å². The molecule has 0 bridgehead atoms. The van der Waals surface area contributed by atoms with Gasteiger partial charge in [0.2, 0.25) is 0 Å². The van der Waals surface area contributed by atoms with Gasteiger partial charge in [-0.25, -0.2) is 14.1 Å². The first-order valence-electron chi connectivity index (χ1n) is 16.6. The van der Waals surface area contributed by atoms with E-state index in [0.29, 0.717) is 25.1 Å². The number of rotatable bonds is 10. The highest BCUT2D eigenvalue weighted by Gasteiger charge is 2.26. The smallest absolute Gasteiger partial charge is 0.130 e. The van der Waals surface area contributed by atoms with Gasteiger partial charge in [-0.3, -0.25) is 0 Å². The molecule has 1 aromatic heterocycles. The average Bonchev–Trinajstić information content (AvgIpc) is 3.63. The van der Waals surface area contributed by atoms with E-state index in [1.54, 1.807) is 7.11 Å². The van der Waals surface area contributed by atoms with Crippen LogP contribution in [0.15, 0.2) is 64.3 Å². The highest BCUT2D eigenvalue weighted by molar-refractivity contribution is 6.12. The topological polar surface area (TPSA) is 54.7 Å². The molecule has 4 rings (SSSR count). The van der Waals surface area contributed by atoms with E-state index in [1.807, 2.05) is 23.7 Å². The number of aromatic nitrogens is 2. The third kappa shape index (κ3) is 9.40. The summed E-state index contributed by atoms with van der Waals surface area (Å²) in [5, 5.41) is 9.00. The number of methoxy groups -OCH3 is 1. The van der Waals surface area contributed by atoms with Gasteiger partial charge in [-0.1, -0.05) is 57.0 Å². The highest BCUT2D eigenvalue weighted by atomic mass is 19.1. The van der Waals surface area contributed by atoms with Gasteiger partial charge in [-0.15, -0.1) is 0 Å². The molecule has 1 N–H and O–H groups in total. The second-order valence-corrected chi connectivity index (χ2v) is 12.2. The summed E-state index contributed by atoms with van der Waals surface area (Å²) in [6.45, 7) is 18.1. The van der Waals surface area contributed by atoms with Crippen molar-refractivity contribution in [1.82, 2.24) is 20.0 Å². The molecule has 1 aromatic carbocycles. The Labute approximate surface area is 266 Å². The largest absolute Gasteiger partial charge is 0.381 e. The van der Waals surface area contributed by atoms with Crippen LogP contribution in [0.3, 0.4) is 0 Å². The molecule has 7 heteroatoms. The number of hydrogen-bond donors (Lipinski definition) is 1. The molecule has 2 aliphatic rings. The molecule has 2 heterocycles. The zero-order valence-corrected chi connectivity index (χ0v) is 28.7. The van der Waals surface area contributed by atoms with Crippen molar-refractivity contribution < 1.29 is 9.13 Å². The van der Waals surface area contributed by atoms with Crippen LogP contribution in [0.1, 0.15) is 103 Å². The monoisotopic (exact) mass is 605 g/mol. The number of allylic oxidation sites excluding steroid dienone is 4. The van der Waals surface area contributed by atoms with Crippen molar-refractivity contribution in [3.8, 4) is 0 Å². The average molecular weight is 606 g/mol. The number of likely N-dealkylation sites (tertiary alicyclic amines) is 1. The number of nitrogens with one attached hydrogen (secondary N) is 1. The van der Waals surface area contributed by atoms with E-state index in [2.05, 4.69) is 89.0 Å². The van der Waals surface area contributed by atoms with Crippen molar-refractivity contribution in [3.05, 3.63) is 76.3 Å². The molecule has 44 heavy (non-hydrogen) atoms. The molecule has 1 saturated heterocycles. The number of benzene rings is 1. The summed E-state index contributed by atoms with van der Waals surface area (Å²) in [7, 11) is 1.80. The molecular weight excluding hydrogens is 549 g/mol. The van der Waals surface area contributed by atoms with Crippen LogP contribution >= 0.6 is 0 Å². The summed E-state index contributed by atoms with van der Waals surface area (Å²) in [6.07, 6.45) is 10.7. The predicted molar refractivity (Wildman–Crippen MR) is 184 cm³/mol. The van der Waals surface area contributed by atoms with E-state index in [-0.39, 0.29) is 0 Å². The van der Waals surface area contributed by atoms with Gasteiger partial charge in [0.25, 0.3) is 0 Å². The van der Waals surface area contributed by atoms with E-state index in [1.165, 1.54) is 12.0 Å². The second-order valence-electron chi connectivity index (χ2n) is 12.2. The van der Waals surface area contributed by atoms with Gasteiger partial charge in [0.1, 0.15) is 17.7 Å². The van der Waals surface area contributed by atoms with Gasteiger partial charge < -0.3 is 15.0 Å². The summed E-state index contributed by atoms with van der Waals surface area (Å²) in [5.74, 6) is 0.911. The lowest BCUT2D eigenvalue weighted by Crippen LogP contribution is -2.36. The van der Waals surface area contributed by atoms with Gasteiger partial charge in [-0.05, 0) is 96.4 Å². The zero-order chi connectivity index (χ0) is 32.2. The number of ether oxygens (including phenoxy) is 1. The standard InChI is InChI=1S/C34H48FN5O.C3H8/c1-8-23(3)26(6)34(37-31-13-11-10-12-24(31)4)32-20-25(5)40(38-32)33(36-28-14-16-30(41-7)17-15-28)21-29(9-2)39-19-18-27(35)22-39;1-3-2/h9-13,20-21,27-28,30,36H,8,14-19,22H2,1-7H3;3H2,1-2H3/b26-23+,29-9-,33-21-,37-34?;. The molecule has 1 aliphatic carbocycles. The first kappa shape index (κ1) is 35.3. The molecule has 0 amide bonds. The third-order valence-corrected chi connectivity index (χ3v) is 8.67. The minimum absolute atomic E-state index is 0.314. The number of aliphatic imine (C=N–C) groups is 1. The minimum Gasteiger partial charge on any atom is -0.381 e. The number of hydrogen-bond acceptors (Lipinski definition) is 5. The molecule has 0 spiro atoms. The molecule has 1 unspecified atom stereocenters. The van der Waals surface area contributed by atoms with Crippen molar-refractivity contribution in [2.24, 2.45) is 4.99 Å². The van der Waals surface area contributed by atoms with Crippen LogP contribution in [0.2, 0.25) is 0 Å². The van der Waals surface area contributed by atoms with Crippen molar-refractivity contribution in [2.75, 3.05) is 20.2 Å².